The minimum absolute atomic E-state index is 0.128. The highest BCUT2D eigenvalue weighted by Crippen LogP contribution is 2.32. The molecule has 100 valence electrons. The first-order valence-corrected chi connectivity index (χ1v) is 6.51. The Bertz CT molecular complexity index is 607. The summed E-state index contributed by atoms with van der Waals surface area (Å²) in [6.07, 6.45) is 2.31. The number of benzene rings is 1. The van der Waals surface area contributed by atoms with Crippen molar-refractivity contribution in [3.8, 4) is 22.9 Å². The number of aromatic hydroxyl groups is 1. The third-order valence-corrected chi connectivity index (χ3v) is 3.59. The first-order chi connectivity index (χ1) is 9.19. The second kappa shape index (κ2) is 4.57. The fourth-order valence-corrected chi connectivity index (χ4v) is 2.50. The number of hydrogen-bond acceptors (Lipinski definition) is 4. The lowest BCUT2D eigenvalue weighted by molar-refractivity contribution is 0.373. The van der Waals surface area contributed by atoms with Gasteiger partial charge in [0, 0.05) is 18.0 Å². The first kappa shape index (κ1) is 12.0. The number of aromatic nitrogens is 3. The number of fused-ring (bicyclic) bond motifs is 1. The van der Waals surface area contributed by atoms with Crippen LogP contribution < -0.4 is 4.74 Å². The topological polar surface area (TPSA) is 60.2 Å². The lowest BCUT2D eigenvalue weighted by Gasteiger charge is -2.17. The average molecular weight is 259 g/mol. The van der Waals surface area contributed by atoms with Crippen molar-refractivity contribution in [3.63, 3.8) is 0 Å². The Hall–Kier alpha value is -2.04. The number of aryl methyl sites for hydroxylation is 1. The van der Waals surface area contributed by atoms with E-state index in [0.717, 1.165) is 30.8 Å². The zero-order valence-corrected chi connectivity index (χ0v) is 11.1. The fourth-order valence-electron chi connectivity index (χ4n) is 2.50. The number of methoxy groups -OCH3 is 1. The molecule has 0 saturated carbocycles. The van der Waals surface area contributed by atoms with Crippen LogP contribution in [0.25, 0.3) is 11.4 Å². The van der Waals surface area contributed by atoms with E-state index in [0.29, 0.717) is 17.5 Å². The van der Waals surface area contributed by atoms with Crippen LogP contribution in [0.3, 0.4) is 0 Å². The van der Waals surface area contributed by atoms with Crippen LogP contribution >= 0.6 is 0 Å². The summed E-state index contributed by atoms with van der Waals surface area (Å²) in [6.45, 7) is 3.11. The van der Waals surface area contributed by atoms with Crippen molar-refractivity contribution < 1.29 is 9.84 Å². The molecule has 0 bridgehead atoms. The highest BCUT2D eigenvalue weighted by molar-refractivity contribution is 5.60. The molecule has 1 aliphatic heterocycles. The molecule has 1 N–H and O–H groups in total. The molecule has 0 spiro atoms. The van der Waals surface area contributed by atoms with E-state index in [9.17, 15) is 5.11 Å². The van der Waals surface area contributed by atoms with Gasteiger partial charge in [-0.05, 0) is 31.0 Å². The van der Waals surface area contributed by atoms with Crippen LogP contribution in [0.4, 0.5) is 0 Å². The molecule has 2 heterocycles. The van der Waals surface area contributed by atoms with E-state index in [1.807, 2.05) is 10.7 Å². The zero-order chi connectivity index (χ0) is 13.4. The Kier molecular flexibility index (Phi) is 2.89. The van der Waals surface area contributed by atoms with Crippen molar-refractivity contribution in [1.82, 2.24) is 14.8 Å². The standard InChI is InChI=1S/C14H17N3O2/c1-9-4-3-7-17-14(9)15-13(16-17)10-5-6-11(18)12(8-10)19-2/h5-6,8-9,18H,3-4,7H2,1-2H3. The molecule has 1 aliphatic rings. The molecule has 0 radical (unpaired) electrons. The summed E-state index contributed by atoms with van der Waals surface area (Å²) in [7, 11) is 1.53. The molecule has 3 rings (SSSR count). The van der Waals surface area contributed by atoms with Gasteiger partial charge in [-0.3, -0.25) is 0 Å². The van der Waals surface area contributed by atoms with Crippen LogP contribution in [0.2, 0.25) is 0 Å². The van der Waals surface area contributed by atoms with Gasteiger partial charge in [0.25, 0.3) is 0 Å². The van der Waals surface area contributed by atoms with Gasteiger partial charge in [0.15, 0.2) is 17.3 Å². The third kappa shape index (κ3) is 2.05. The second-order valence-corrected chi connectivity index (χ2v) is 4.95. The van der Waals surface area contributed by atoms with E-state index >= 15 is 0 Å². The molecule has 0 amide bonds. The van der Waals surface area contributed by atoms with Crippen molar-refractivity contribution in [2.45, 2.75) is 32.2 Å². The molecular weight excluding hydrogens is 242 g/mol. The minimum atomic E-state index is 0.128. The first-order valence-electron chi connectivity index (χ1n) is 6.51. The SMILES string of the molecule is COc1cc(-c2nc3n(n2)CCCC3C)ccc1O. The number of hydrogen-bond donors (Lipinski definition) is 1. The number of nitrogens with zero attached hydrogens (tertiary/aromatic N) is 3. The molecule has 19 heavy (non-hydrogen) atoms. The number of rotatable bonds is 2. The molecule has 0 saturated heterocycles. The van der Waals surface area contributed by atoms with E-state index in [1.165, 1.54) is 7.11 Å². The Morgan fingerprint density at radius 1 is 1.42 bits per heavy atom. The van der Waals surface area contributed by atoms with Crippen molar-refractivity contribution in [2.75, 3.05) is 7.11 Å². The lowest BCUT2D eigenvalue weighted by Crippen LogP contribution is -2.14. The van der Waals surface area contributed by atoms with Crippen LogP contribution in [-0.4, -0.2) is 27.0 Å². The molecule has 1 atom stereocenters. The average Bonchev–Trinajstić information content (AvgIpc) is 2.85. The van der Waals surface area contributed by atoms with Crippen molar-refractivity contribution in [3.05, 3.63) is 24.0 Å². The Labute approximate surface area is 111 Å². The summed E-state index contributed by atoms with van der Waals surface area (Å²) in [5.41, 5.74) is 0.865. The predicted molar refractivity (Wildman–Crippen MR) is 71.3 cm³/mol. The molecule has 1 aromatic heterocycles. The van der Waals surface area contributed by atoms with E-state index in [-0.39, 0.29) is 5.75 Å². The Morgan fingerprint density at radius 3 is 3.00 bits per heavy atom. The fraction of sp³-hybridized carbons (Fsp3) is 0.429. The van der Waals surface area contributed by atoms with Gasteiger partial charge in [-0.1, -0.05) is 6.92 Å². The predicted octanol–water partition coefficient (Wildman–Crippen LogP) is 2.56. The smallest absolute Gasteiger partial charge is 0.181 e. The summed E-state index contributed by atoms with van der Waals surface area (Å²) in [4.78, 5) is 4.62. The Balaban J connectivity index is 2.03. The van der Waals surface area contributed by atoms with Gasteiger partial charge in [0.2, 0.25) is 0 Å². The van der Waals surface area contributed by atoms with Gasteiger partial charge in [-0.25, -0.2) is 9.67 Å². The van der Waals surface area contributed by atoms with Crippen LogP contribution in [0, 0.1) is 0 Å². The molecule has 1 unspecified atom stereocenters. The monoisotopic (exact) mass is 259 g/mol. The number of ether oxygens (including phenoxy) is 1. The van der Waals surface area contributed by atoms with Crippen LogP contribution in [0.5, 0.6) is 11.5 Å². The van der Waals surface area contributed by atoms with Gasteiger partial charge >= 0.3 is 0 Å². The van der Waals surface area contributed by atoms with Crippen LogP contribution in [-0.2, 0) is 6.54 Å². The quantitative estimate of drug-likeness (QED) is 0.900. The van der Waals surface area contributed by atoms with Crippen LogP contribution in [0.15, 0.2) is 18.2 Å². The van der Waals surface area contributed by atoms with E-state index in [2.05, 4.69) is 17.0 Å². The second-order valence-electron chi connectivity index (χ2n) is 4.95. The van der Waals surface area contributed by atoms with Gasteiger partial charge in [0.05, 0.1) is 7.11 Å². The molecule has 1 aromatic carbocycles. The molecule has 5 heteroatoms. The molecular formula is C14H17N3O2. The van der Waals surface area contributed by atoms with Crippen molar-refractivity contribution in [1.29, 1.82) is 0 Å². The van der Waals surface area contributed by atoms with Crippen LogP contribution in [0.1, 0.15) is 31.5 Å². The largest absolute Gasteiger partial charge is 0.504 e. The highest BCUT2D eigenvalue weighted by atomic mass is 16.5. The minimum Gasteiger partial charge on any atom is -0.504 e. The molecule has 5 nitrogen and oxygen atoms in total. The van der Waals surface area contributed by atoms with E-state index < -0.39 is 0 Å². The summed E-state index contributed by atoms with van der Waals surface area (Å²) in [5, 5.41) is 14.2. The van der Waals surface area contributed by atoms with E-state index in [1.54, 1.807) is 12.1 Å². The maximum Gasteiger partial charge on any atom is 0.181 e. The summed E-state index contributed by atoms with van der Waals surface area (Å²) in [6, 6.07) is 5.18. The third-order valence-electron chi connectivity index (χ3n) is 3.59. The maximum atomic E-state index is 9.62. The van der Waals surface area contributed by atoms with Gasteiger partial charge in [0.1, 0.15) is 5.82 Å². The number of phenols is 1. The number of phenolic OH excluding ortho intramolecular Hbond substituents is 1. The maximum absolute atomic E-state index is 9.62. The summed E-state index contributed by atoms with van der Waals surface area (Å²) >= 11 is 0. The van der Waals surface area contributed by atoms with E-state index in [4.69, 9.17) is 4.74 Å². The normalized spacial score (nSPS) is 18.1. The Morgan fingerprint density at radius 2 is 2.26 bits per heavy atom. The summed E-state index contributed by atoms with van der Waals surface area (Å²) in [5.74, 6) is 2.77. The van der Waals surface area contributed by atoms with Gasteiger partial charge in [-0.15, -0.1) is 0 Å². The van der Waals surface area contributed by atoms with Crippen molar-refractivity contribution >= 4 is 0 Å². The van der Waals surface area contributed by atoms with Crippen molar-refractivity contribution in [2.24, 2.45) is 0 Å². The molecule has 0 fully saturated rings. The molecule has 0 aliphatic carbocycles. The van der Waals surface area contributed by atoms with Gasteiger partial charge in [-0.2, -0.15) is 5.10 Å². The highest BCUT2D eigenvalue weighted by Gasteiger charge is 2.21. The summed E-state index contributed by atoms with van der Waals surface area (Å²) < 4.78 is 7.11. The molecule has 2 aromatic rings. The lowest BCUT2D eigenvalue weighted by atomic mass is 10.0. The zero-order valence-electron chi connectivity index (χ0n) is 11.1. The van der Waals surface area contributed by atoms with Gasteiger partial charge < -0.3 is 9.84 Å².